The normalized spacial score (nSPS) is 19.3. The van der Waals surface area contributed by atoms with Crippen LogP contribution in [0.25, 0.3) is 291 Å². The third-order valence-corrected chi connectivity index (χ3v) is 34.3. The molecule has 5 aromatic heterocycles. The van der Waals surface area contributed by atoms with Crippen molar-refractivity contribution < 1.29 is 38.1 Å². The molecule has 564 valence electrons. The summed E-state index contributed by atoms with van der Waals surface area (Å²) in [6.45, 7) is 2.95. The van der Waals surface area contributed by atoms with Crippen LogP contribution in [-0.4, -0.2) is 112 Å². The highest BCUT2D eigenvalue weighted by atomic mass is 16.6. The van der Waals surface area contributed by atoms with Crippen LogP contribution in [0.2, 0.25) is 0 Å². The molecule has 1 aliphatic heterocycles. The van der Waals surface area contributed by atoms with Gasteiger partial charge in [-0.25, -0.2) is 14.6 Å². The first-order valence-electron chi connectivity index (χ1n) is 43.0. The Bertz CT molecular complexity index is 9880. The van der Waals surface area contributed by atoms with Gasteiger partial charge in [0, 0.05) is 65.1 Å². The van der Waals surface area contributed by atoms with E-state index in [1.807, 2.05) is 110 Å². The van der Waals surface area contributed by atoms with Crippen molar-refractivity contribution in [3.63, 3.8) is 0 Å². The first-order valence-corrected chi connectivity index (χ1v) is 43.0. The zero-order chi connectivity index (χ0) is 78.6. The predicted octanol–water partition coefficient (Wildman–Crippen LogP) is 22.2. The molecule has 123 heavy (non-hydrogen) atoms. The topological polar surface area (TPSA) is 193 Å². The average molecular weight is 1580 g/mol. The number of aromatic nitrogens is 7. The van der Waals surface area contributed by atoms with E-state index in [-0.39, 0.29) is 32.3 Å². The molecule has 0 saturated heterocycles. The number of carbonyl (C=O) groups excluding carboxylic acids is 3. The van der Waals surface area contributed by atoms with Crippen LogP contribution in [0, 0.1) is 5.41 Å². The minimum Gasteiger partial charge on any atom is -0.465 e. The van der Waals surface area contributed by atoms with E-state index in [2.05, 4.69) is 10.3 Å². The van der Waals surface area contributed by atoms with E-state index >= 15 is 9.59 Å². The Kier molecular flexibility index (Phi) is 7.66. The molecule has 0 N–H and O–H groups in total. The van der Waals surface area contributed by atoms with E-state index in [0.717, 1.165) is 0 Å². The largest absolute Gasteiger partial charge is 0.465 e. The Hall–Kier alpha value is -15.2. The smallest absolute Gasteiger partial charge is 0.326 e. The predicted molar refractivity (Wildman–Crippen MR) is 483 cm³/mol. The van der Waals surface area contributed by atoms with E-state index in [1.54, 1.807) is 47.0 Å². The monoisotopic (exact) mass is 1580 g/mol. The summed E-state index contributed by atoms with van der Waals surface area (Å²) in [5.74, 6) is 3.83. The summed E-state index contributed by atoms with van der Waals surface area (Å²) in [5.41, 5.74) is 1.41. The van der Waals surface area contributed by atoms with Crippen LogP contribution in [0.3, 0.4) is 0 Å². The third-order valence-electron chi connectivity index (χ3n) is 34.3. The van der Waals surface area contributed by atoms with Crippen LogP contribution in [0.1, 0.15) is 51.7 Å². The molecule has 5 aliphatic carbocycles. The van der Waals surface area contributed by atoms with Crippen LogP contribution in [0.5, 0.6) is 23.3 Å². The lowest BCUT2D eigenvalue weighted by molar-refractivity contribution is -0.166. The van der Waals surface area contributed by atoms with Crippen LogP contribution in [-0.2, 0) is 47.8 Å². The molecule has 29 aromatic carbocycles. The molecule has 0 atom stereocenters. The summed E-state index contributed by atoms with van der Waals surface area (Å²) >= 11 is 0. The highest BCUT2D eigenvalue weighted by molar-refractivity contribution is 6.82. The summed E-state index contributed by atoms with van der Waals surface area (Å²) in [7, 11) is 7.49. The van der Waals surface area contributed by atoms with Gasteiger partial charge >= 0.3 is 11.9 Å². The van der Waals surface area contributed by atoms with Crippen molar-refractivity contribution in [1.82, 2.24) is 39.8 Å². The minimum absolute atomic E-state index is 0.0694. The van der Waals surface area contributed by atoms with Crippen molar-refractivity contribution in [2.75, 3.05) is 69.3 Å². The number of carbonyl (C=O) groups is 3. The summed E-state index contributed by atoms with van der Waals surface area (Å²) in [6.07, 6.45) is 2.35. The number of rotatable bonds is 13. The molecule has 40 rings (SSSR count). The second-order valence-corrected chi connectivity index (χ2v) is 37.9. The lowest BCUT2D eigenvalue weighted by atomic mass is 9.68. The van der Waals surface area contributed by atoms with Gasteiger partial charge in [-0.1, -0.05) is 29.5 Å². The molecule has 2 spiro atoms. The molecular weight excluding hydrogens is 1530 g/mol. The quantitative estimate of drug-likeness (QED) is 0.0457. The standard InChI is InChI=1S/C104H45N11O8/c1-6-120-100(117)104(101(118)121-23-21-115-27-30(109-110-115)28-119-22-11-20-111(2)99(116)29-24-31-26-32(25-29)123-40-19-10-17-38(108-40)114(5)36-15-8-13-34(106-36)112(3)33-12-7-14-35(105-33)113(4)37-16-9-18-39(107-37)122-31)102-95-87-79-69-59-51-43-41-42-45-49-47(43)55-63-57(49)67-61-53(45)54-46(42)50-48-44(41)52(51)60-66-56(48)64-58(50)68-62(54)72-71(61)81-75(67)85-77(63)83(73(79)65(55)59)91(95)93(85)97-89(81)90-82(72)76(68)86-78(64)84-74(66)80(70(60)69)88(87)96(102)92(84)94(86)98(90)103(97,102)104/h7-10,12-19,24-27H,6,11,20-23,28H2,1-5H3. The maximum absolute atomic E-state index is 17.8. The van der Waals surface area contributed by atoms with E-state index in [1.165, 1.54) is 313 Å². The molecule has 19 heteroatoms. The van der Waals surface area contributed by atoms with Crippen molar-refractivity contribution in [3.8, 4) is 23.3 Å². The van der Waals surface area contributed by atoms with Crippen LogP contribution in [0.15, 0.2) is 97.2 Å². The summed E-state index contributed by atoms with van der Waals surface area (Å²) < 4.78 is 35.1. The number of amides is 1. The lowest BCUT2D eigenvalue weighted by Crippen LogP contribution is -2.39. The van der Waals surface area contributed by atoms with Crippen molar-refractivity contribution in [2.24, 2.45) is 5.41 Å². The number of pyridine rings is 4. The number of fused-ring (bicyclic) bond motifs is 10. The Morgan fingerprint density at radius 1 is 0.374 bits per heavy atom. The highest BCUT2D eigenvalue weighted by Gasteiger charge is 3.01. The van der Waals surface area contributed by atoms with Crippen LogP contribution in [0.4, 0.5) is 34.9 Å². The molecular formula is C104H45N11O8. The third kappa shape index (κ3) is 4.62. The van der Waals surface area contributed by atoms with Gasteiger partial charge in [0.2, 0.25) is 11.8 Å². The van der Waals surface area contributed by atoms with E-state index < -0.39 is 28.2 Å². The molecule has 19 nitrogen and oxygen atoms in total. The molecule has 6 aliphatic rings. The number of benzene rings is 19. The fraction of sp³-hybridized carbons (Fsp3) is 0.144. The molecule has 0 radical (unpaired) electrons. The van der Waals surface area contributed by atoms with Gasteiger partial charge in [0.25, 0.3) is 5.91 Å². The molecule has 0 unspecified atom stereocenters. The number of hydrogen-bond donors (Lipinski definition) is 0. The van der Waals surface area contributed by atoms with Gasteiger partial charge in [-0.2, -0.15) is 9.97 Å². The summed E-state index contributed by atoms with van der Waals surface area (Å²) in [4.78, 5) is 77.0. The zero-order valence-electron chi connectivity index (χ0n) is 65.4. The number of anilines is 6. The summed E-state index contributed by atoms with van der Waals surface area (Å²) in [5, 5.41) is 86.5. The first kappa shape index (κ1) is 57.8. The fourth-order valence-electron chi connectivity index (χ4n) is 31.5. The fourth-order valence-corrected chi connectivity index (χ4v) is 31.5. The highest BCUT2D eigenvalue weighted by Crippen LogP contribution is 2.97. The maximum atomic E-state index is 17.8. The van der Waals surface area contributed by atoms with Crippen LogP contribution < -0.4 is 24.2 Å². The van der Waals surface area contributed by atoms with Gasteiger partial charge < -0.3 is 43.3 Å². The zero-order valence-corrected chi connectivity index (χ0v) is 65.4. The number of ether oxygens (including phenoxy) is 5. The van der Waals surface area contributed by atoms with E-state index in [0.29, 0.717) is 89.0 Å². The Morgan fingerprint density at radius 3 is 0.984 bits per heavy atom. The second kappa shape index (κ2) is 16.3. The SMILES string of the molecule is CCOC(=O)C1(C(=O)OCCn2cc(COCCCN(C)C(=O)c3cc4cc(c3)Oc3cccc(n3)N(C)c3cccc(n3)N(C)c3cccc(n3)N(C)c3cccc(n3)O4)nn2)C23c4c5c6c7c8c9c(c%10c%11c2c2c4c4c%12c5c5c6c6c8c8c%13c9c9c%10c%10c%11c%11c2c2c4c4c%12c%12c5c5c6c8c6c8c%13c9c9c%10c%10c%11c2c2c4c4c%12c5c6c5c8c9c%10c2c45)C713. The molecule has 34 aromatic rings. The van der Waals surface area contributed by atoms with E-state index in [9.17, 15) is 4.79 Å². The van der Waals surface area contributed by atoms with Crippen molar-refractivity contribution in [2.45, 2.75) is 37.3 Å². The average Bonchev–Trinajstić information content (AvgIpc) is 1.35. The van der Waals surface area contributed by atoms with Gasteiger partial charge in [0.1, 0.15) is 58.7 Å². The van der Waals surface area contributed by atoms with Crippen molar-refractivity contribution >= 4 is 344 Å². The number of nitrogens with zero attached hydrogens (tertiary/aromatic N) is 11. The summed E-state index contributed by atoms with van der Waals surface area (Å²) in [6, 6.07) is 27.7. The van der Waals surface area contributed by atoms with Gasteiger partial charge in [0.05, 0.1) is 36.8 Å². The van der Waals surface area contributed by atoms with Gasteiger partial charge in [-0.05, 0) is 375 Å². The number of hydrogen-bond acceptors (Lipinski definition) is 17. The first-order chi connectivity index (χ1) is 60.5. The lowest BCUT2D eigenvalue weighted by Gasteiger charge is -2.32. The van der Waals surface area contributed by atoms with Gasteiger partial charge in [-0.3, -0.25) is 14.4 Å². The Balaban J connectivity index is 0.447. The molecule has 6 heterocycles. The Labute approximate surface area is 683 Å². The van der Waals surface area contributed by atoms with Gasteiger partial charge in [-0.15, -0.1) is 5.10 Å². The molecule has 1 fully saturated rings. The maximum Gasteiger partial charge on any atom is 0.326 e. The Morgan fingerprint density at radius 2 is 0.667 bits per heavy atom. The molecule has 1 saturated carbocycles. The van der Waals surface area contributed by atoms with Crippen molar-refractivity contribution in [3.05, 3.63) is 131 Å². The van der Waals surface area contributed by atoms with Crippen LogP contribution >= 0.6 is 0 Å². The van der Waals surface area contributed by atoms with E-state index in [4.69, 9.17) is 43.6 Å². The molecule has 1 amide bonds. The van der Waals surface area contributed by atoms with Crippen molar-refractivity contribution in [1.29, 1.82) is 0 Å². The second-order valence-electron chi connectivity index (χ2n) is 37.9. The van der Waals surface area contributed by atoms with Gasteiger partial charge in [0.15, 0.2) is 5.41 Å². The number of esters is 2. The minimum atomic E-state index is -1.87. The molecule has 10 bridgehead atoms.